The van der Waals surface area contributed by atoms with Crippen LogP contribution in [-0.2, 0) is 0 Å². The lowest BCUT2D eigenvalue weighted by molar-refractivity contribution is 0.580. The van der Waals surface area contributed by atoms with E-state index in [0.29, 0.717) is 0 Å². The van der Waals surface area contributed by atoms with Crippen molar-refractivity contribution in [3.63, 3.8) is 0 Å². The first-order valence-corrected chi connectivity index (χ1v) is 18.2. The summed E-state index contributed by atoms with van der Waals surface area (Å²) in [5, 5.41) is 7.10. The molecule has 1 rings (SSSR count). The Balaban J connectivity index is 2.71. The molecule has 0 atom stereocenters. The van der Waals surface area contributed by atoms with Gasteiger partial charge in [-0.2, -0.15) is 15.0 Å². The van der Waals surface area contributed by atoms with E-state index in [9.17, 15) is 0 Å². The molecule has 240 valence electrons. The highest BCUT2D eigenvalue weighted by atomic mass is 15.3. The fourth-order valence-corrected chi connectivity index (χ4v) is 5.35. The van der Waals surface area contributed by atoms with Gasteiger partial charge in [-0.1, -0.05) is 156 Å². The van der Waals surface area contributed by atoms with Crippen molar-refractivity contribution >= 4 is 17.8 Å². The Morgan fingerprint density at radius 2 is 0.707 bits per heavy atom. The summed E-state index contributed by atoms with van der Waals surface area (Å²) in [6.45, 7) is 13.1. The van der Waals surface area contributed by atoms with E-state index in [1.165, 1.54) is 154 Å². The number of nitrogens with one attached hydrogen (secondary N) is 2. The van der Waals surface area contributed by atoms with Crippen molar-refractivity contribution in [1.29, 1.82) is 0 Å². The molecule has 0 saturated carbocycles. The molecule has 0 bridgehead atoms. The van der Waals surface area contributed by atoms with E-state index in [1.54, 1.807) is 0 Å². The number of anilines is 3. The molecule has 0 unspecified atom stereocenters. The first kappa shape index (κ1) is 37.4. The van der Waals surface area contributed by atoms with Gasteiger partial charge in [0.25, 0.3) is 0 Å². The predicted molar refractivity (Wildman–Crippen MR) is 183 cm³/mol. The topological polar surface area (TPSA) is 66.0 Å². The summed E-state index contributed by atoms with van der Waals surface area (Å²) < 4.78 is 0. The van der Waals surface area contributed by atoms with Gasteiger partial charge in [-0.25, -0.2) is 0 Å². The standard InChI is InChI=1S/C35H70N6/c1-5-9-13-17-19-21-23-25-29-36-33-38-34(37-30-26-24-22-20-18-14-10-6-2)40-35(39-33)41(31-27-15-11-7-3)32-28-16-12-8-4/h5-32H2,1-4H3,(H2,36,37,38,39,40). The van der Waals surface area contributed by atoms with Crippen LogP contribution in [0.15, 0.2) is 0 Å². The first-order valence-electron chi connectivity index (χ1n) is 18.2. The van der Waals surface area contributed by atoms with Gasteiger partial charge in [-0.05, 0) is 25.7 Å². The minimum Gasteiger partial charge on any atom is -0.354 e. The minimum absolute atomic E-state index is 0.739. The van der Waals surface area contributed by atoms with Crippen molar-refractivity contribution in [2.45, 2.75) is 182 Å². The monoisotopic (exact) mass is 575 g/mol. The van der Waals surface area contributed by atoms with Crippen LogP contribution >= 0.6 is 0 Å². The van der Waals surface area contributed by atoms with Crippen LogP contribution in [0.1, 0.15) is 182 Å². The average molecular weight is 575 g/mol. The Labute approximate surface area is 256 Å². The van der Waals surface area contributed by atoms with Crippen molar-refractivity contribution in [1.82, 2.24) is 15.0 Å². The molecule has 0 saturated heterocycles. The molecule has 2 N–H and O–H groups in total. The summed E-state index contributed by atoms with van der Waals surface area (Å²) in [6, 6.07) is 0. The van der Waals surface area contributed by atoms with Crippen LogP contribution in [0.3, 0.4) is 0 Å². The maximum absolute atomic E-state index is 4.95. The fourth-order valence-electron chi connectivity index (χ4n) is 5.35. The van der Waals surface area contributed by atoms with Crippen LogP contribution in [0.25, 0.3) is 0 Å². The van der Waals surface area contributed by atoms with E-state index < -0.39 is 0 Å². The summed E-state index contributed by atoms with van der Waals surface area (Å²) in [7, 11) is 0. The van der Waals surface area contributed by atoms with Crippen molar-refractivity contribution in [2.75, 3.05) is 41.7 Å². The SMILES string of the molecule is CCCCCCCCCCNc1nc(NCCCCCCCCCC)nc(N(CCCCCC)CCCCCC)n1. The van der Waals surface area contributed by atoms with Crippen LogP contribution in [0, 0.1) is 0 Å². The van der Waals surface area contributed by atoms with Crippen molar-refractivity contribution in [3.8, 4) is 0 Å². The second-order valence-corrected chi connectivity index (χ2v) is 12.2. The average Bonchev–Trinajstić information content (AvgIpc) is 2.98. The van der Waals surface area contributed by atoms with E-state index in [4.69, 9.17) is 15.0 Å². The lowest BCUT2D eigenvalue weighted by atomic mass is 10.1. The smallest absolute Gasteiger partial charge is 0.231 e. The van der Waals surface area contributed by atoms with Crippen LogP contribution in [0.5, 0.6) is 0 Å². The van der Waals surface area contributed by atoms with E-state index >= 15 is 0 Å². The van der Waals surface area contributed by atoms with Gasteiger partial charge in [0.1, 0.15) is 0 Å². The number of aromatic nitrogens is 3. The quantitative estimate of drug-likeness (QED) is 0.0860. The molecule has 0 aliphatic carbocycles. The number of rotatable bonds is 31. The second-order valence-electron chi connectivity index (χ2n) is 12.2. The van der Waals surface area contributed by atoms with Crippen molar-refractivity contribution in [2.24, 2.45) is 0 Å². The highest BCUT2D eigenvalue weighted by molar-refractivity contribution is 5.43. The molecule has 1 heterocycles. The molecular formula is C35H70N6. The molecule has 1 aromatic rings. The first-order chi connectivity index (χ1) is 20.2. The van der Waals surface area contributed by atoms with Gasteiger partial charge >= 0.3 is 0 Å². The molecule has 0 aromatic carbocycles. The number of unbranched alkanes of at least 4 members (excludes halogenated alkanes) is 20. The highest BCUT2D eigenvalue weighted by Gasteiger charge is 2.14. The molecule has 6 heteroatoms. The molecule has 0 aliphatic heterocycles. The van der Waals surface area contributed by atoms with Gasteiger partial charge in [0.15, 0.2) is 0 Å². The van der Waals surface area contributed by atoms with Crippen LogP contribution in [-0.4, -0.2) is 41.1 Å². The third kappa shape index (κ3) is 21.7. The Hall–Kier alpha value is -1.59. The van der Waals surface area contributed by atoms with Gasteiger partial charge in [0, 0.05) is 26.2 Å². The third-order valence-corrected chi connectivity index (χ3v) is 8.10. The van der Waals surface area contributed by atoms with Gasteiger partial charge in [-0.3, -0.25) is 0 Å². The summed E-state index contributed by atoms with van der Waals surface area (Å²) in [5.74, 6) is 2.33. The molecule has 0 spiro atoms. The Morgan fingerprint density at radius 3 is 1.07 bits per heavy atom. The van der Waals surface area contributed by atoms with E-state index in [1.807, 2.05) is 0 Å². The summed E-state index contributed by atoms with van der Waals surface area (Å²) in [6.07, 6.45) is 31.4. The largest absolute Gasteiger partial charge is 0.354 e. The molecule has 0 aliphatic rings. The minimum atomic E-state index is 0.739. The molecule has 0 amide bonds. The van der Waals surface area contributed by atoms with Crippen LogP contribution in [0.4, 0.5) is 17.8 Å². The molecular weight excluding hydrogens is 504 g/mol. The fraction of sp³-hybridized carbons (Fsp3) is 0.914. The lowest BCUT2D eigenvalue weighted by Gasteiger charge is -2.23. The number of hydrogen-bond donors (Lipinski definition) is 2. The maximum atomic E-state index is 4.95. The van der Waals surface area contributed by atoms with E-state index in [0.717, 1.165) is 44.0 Å². The highest BCUT2D eigenvalue weighted by Crippen LogP contribution is 2.18. The zero-order chi connectivity index (χ0) is 29.6. The molecule has 6 nitrogen and oxygen atoms in total. The van der Waals surface area contributed by atoms with Gasteiger partial charge in [-0.15, -0.1) is 0 Å². The summed E-state index contributed by atoms with van der Waals surface area (Å²) in [5.41, 5.74) is 0. The van der Waals surface area contributed by atoms with E-state index in [-0.39, 0.29) is 0 Å². The Bertz CT molecular complexity index is 630. The normalized spacial score (nSPS) is 11.2. The third-order valence-electron chi connectivity index (χ3n) is 8.10. The molecule has 0 fully saturated rings. The summed E-state index contributed by atoms with van der Waals surface area (Å²) >= 11 is 0. The zero-order valence-corrected chi connectivity index (χ0v) is 28.1. The van der Waals surface area contributed by atoms with E-state index in [2.05, 4.69) is 43.2 Å². The van der Waals surface area contributed by atoms with Crippen molar-refractivity contribution in [3.05, 3.63) is 0 Å². The van der Waals surface area contributed by atoms with Crippen molar-refractivity contribution < 1.29 is 0 Å². The Kier molecular flexibility index (Phi) is 26.0. The Morgan fingerprint density at radius 1 is 0.390 bits per heavy atom. The van der Waals surface area contributed by atoms with Crippen LogP contribution in [0.2, 0.25) is 0 Å². The van der Waals surface area contributed by atoms with Gasteiger partial charge in [0.2, 0.25) is 17.8 Å². The second kappa shape index (κ2) is 28.5. The van der Waals surface area contributed by atoms with Gasteiger partial charge in [0.05, 0.1) is 0 Å². The summed E-state index contributed by atoms with van der Waals surface area (Å²) in [4.78, 5) is 17.1. The molecule has 0 radical (unpaired) electrons. The van der Waals surface area contributed by atoms with Crippen LogP contribution < -0.4 is 15.5 Å². The number of nitrogens with zero attached hydrogens (tertiary/aromatic N) is 4. The molecule has 41 heavy (non-hydrogen) atoms. The molecule has 1 aromatic heterocycles. The number of hydrogen-bond acceptors (Lipinski definition) is 6. The predicted octanol–water partition coefficient (Wildman–Crippen LogP) is 10.9. The maximum Gasteiger partial charge on any atom is 0.231 e. The lowest BCUT2D eigenvalue weighted by Crippen LogP contribution is -2.29. The van der Waals surface area contributed by atoms with Gasteiger partial charge < -0.3 is 15.5 Å². The zero-order valence-electron chi connectivity index (χ0n) is 28.1.